The monoisotopic (exact) mass is 278 g/mol. The van der Waals surface area contributed by atoms with Crippen molar-refractivity contribution in [3.63, 3.8) is 0 Å². The molecule has 2 rings (SSSR count). The van der Waals surface area contributed by atoms with Crippen molar-refractivity contribution in [1.82, 2.24) is 10.2 Å². The number of hydrogen-bond acceptors (Lipinski definition) is 4. The van der Waals surface area contributed by atoms with Crippen molar-refractivity contribution in [2.75, 3.05) is 5.32 Å². The molecule has 0 saturated heterocycles. The third kappa shape index (κ3) is 3.10. The van der Waals surface area contributed by atoms with E-state index >= 15 is 0 Å². The van der Waals surface area contributed by atoms with Crippen molar-refractivity contribution in [1.29, 1.82) is 5.26 Å². The standard InChI is InChI=1S/C12H8Cl2N4/c13-11-5-10(12(14)18-17-11)16-7-9-3-1-8(6-15)2-4-9/h1-5H,7H2,(H,16,17). The lowest BCUT2D eigenvalue weighted by molar-refractivity contribution is 1.02. The number of nitrogens with zero attached hydrogens (tertiary/aromatic N) is 3. The number of anilines is 1. The van der Waals surface area contributed by atoms with Gasteiger partial charge in [-0.1, -0.05) is 35.3 Å². The van der Waals surface area contributed by atoms with Crippen molar-refractivity contribution in [3.05, 3.63) is 51.8 Å². The molecule has 0 atom stereocenters. The molecular weight excluding hydrogens is 271 g/mol. The van der Waals surface area contributed by atoms with Crippen LogP contribution in [0.1, 0.15) is 11.1 Å². The highest BCUT2D eigenvalue weighted by atomic mass is 35.5. The Bertz CT molecular complexity index is 590. The summed E-state index contributed by atoms with van der Waals surface area (Å²) in [7, 11) is 0. The molecule has 0 fully saturated rings. The molecule has 2 aromatic rings. The van der Waals surface area contributed by atoms with Gasteiger partial charge in [-0.25, -0.2) is 0 Å². The lowest BCUT2D eigenvalue weighted by atomic mass is 10.1. The molecule has 1 aromatic heterocycles. The normalized spacial score (nSPS) is 9.83. The second kappa shape index (κ2) is 5.67. The molecular formula is C12H8Cl2N4. The molecule has 0 radical (unpaired) electrons. The molecule has 0 unspecified atom stereocenters. The average molecular weight is 279 g/mol. The average Bonchev–Trinajstić information content (AvgIpc) is 2.40. The number of nitrogens with one attached hydrogen (secondary N) is 1. The SMILES string of the molecule is N#Cc1ccc(CNc2cc(Cl)nnc2Cl)cc1. The number of halogens is 2. The van der Waals surface area contributed by atoms with Crippen molar-refractivity contribution in [3.8, 4) is 6.07 Å². The van der Waals surface area contributed by atoms with Gasteiger partial charge < -0.3 is 5.32 Å². The summed E-state index contributed by atoms with van der Waals surface area (Å²) in [6.45, 7) is 0.563. The van der Waals surface area contributed by atoms with E-state index in [4.69, 9.17) is 28.5 Å². The lowest BCUT2D eigenvalue weighted by Crippen LogP contribution is -2.01. The lowest BCUT2D eigenvalue weighted by Gasteiger charge is -2.07. The van der Waals surface area contributed by atoms with Gasteiger partial charge >= 0.3 is 0 Å². The Morgan fingerprint density at radius 3 is 2.56 bits per heavy atom. The summed E-state index contributed by atoms with van der Waals surface area (Å²) in [6.07, 6.45) is 0. The zero-order chi connectivity index (χ0) is 13.0. The largest absolute Gasteiger partial charge is 0.378 e. The Morgan fingerprint density at radius 2 is 1.89 bits per heavy atom. The van der Waals surface area contributed by atoms with Gasteiger partial charge in [0.15, 0.2) is 10.3 Å². The first-order valence-electron chi connectivity index (χ1n) is 5.10. The first-order valence-corrected chi connectivity index (χ1v) is 5.86. The maximum atomic E-state index is 8.69. The summed E-state index contributed by atoms with van der Waals surface area (Å²) in [6, 6.07) is 10.9. The van der Waals surface area contributed by atoms with Crippen LogP contribution in [0.2, 0.25) is 10.3 Å². The molecule has 0 saturated carbocycles. The molecule has 1 N–H and O–H groups in total. The Morgan fingerprint density at radius 1 is 1.17 bits per heavy atom. The predicted octanol–water partition coefficient (Wildman–Crippen LogP) is 3.27. The zero-order valence-electron chi connectivity index (χ0n) is 9.19. The summed E-state index contributed by atoms with van der Waals surface area (Å²) in [4.78, 5) is 0. The molecule has 4 nitrogen and oxygen atoms in total. The van der Waals surface area contributed by atoms with Crippen LogP contribution >= 0.6 is 23.2 Å². The smallest absolute Gasteiger partial charge is 0.174 e. The van der Waals surface area contributed by atoms with E-state index in [-0.39, 0.29) is 10.3 Å². The van der Waals surface area contributed by atoms with Gasteiger partial charge in [-0.2, -0.15) is 5.26 Å². The first-order chi connectivity index (χ1) is 8.69. The predicted molar refractivity (Wildman–Crippen MR) is 70.5 cm³/mol. The molecule has 0 aliphatic heterocycles. The molecule has 1 heterocycles. The maximum absolute atomic E-state index is 8.69. The number of nitriles is 1. The van der Waals surface area contributed by atoms with Crippen LogP contribution in [0.25, 0.3) is 0 Å². The summed E-state index contributed by atoms with van der Waals surface area (Å²) in [5.74, 6) is 0. The van der Waals surface area contributed by atoms with Crippen LogP contribution in [-0.4, -0.2) is 10.2 Å². The van der Waals surface area contributed by atoms with E-state index in [1.54, 1.807) is 18.2 Å². The minimum absolute atomic E-state index is 0.271. The van der Waals surface area contributed by atoms with E-state index in [2.05, 4.69) is 21.6 Å². The minimum Gasteiger partial charge on any atom is -0.378 e. The second-order valence-corrected chi connectivity index (χ2v) is 4.28. The van der Waals surface area contributed by atoms with Gasteiger partial charge in [0.05, 0.1) is 17.3 Å². The van der Waals surface area contributed by atoms with E-state index in [9.17, 15) is 0 Å². The van der Waals surface area contributed by atoms with Crippen LogP contribution in [-0.2, 0) is 6.54 Å². The molecule has 0 bridgehead atoms. The maximum Gasteiger partial charge on any atom is 0.174 e. The van der Waals surface area contributed by atoms with Gasteiger partial charge in [0, 0.05) is 12.6 Å². The number of rotatable bonds is 3. The highest BCUT2D eigenvalue weighted by Crippen LogP contribution is 2.21. The van der Waals surface area contributed by atoms with Crippen LogP contribution < -0.4 is 5.32 Å². The van der Waals surface area contributed by atoms with Gasteiger partial charge in [-0.15, -0.1) is 10.2 Å². The molecule has 90 valence electrons. The van der Waals surface area contributed by atoms with E-state index in [0.717, 1.165) is 5.56 Å². The topological polar surface area (TPSA) is 61.6 Å². The summed E-state index contributed by atoms with van der Waals surface area (Å²) in [5.41, 5.74) is 2.28. The first kappa shape index (κ1) is 12.6. The Kier molecular flexibility index (Phi) is 3.98. The van der Waals surface area contributed by atoms with E-state index < -0.39 is 0 Å². The van der Waals surface area contributed by atoms with Gasteiger partial charge in [-0.3, -0.25) is 0 Å². The quantitative estimate of drug-likeness (QED) is 0.936. The van der Waals surface area contributed by atoms with E-state index in [0.29, 0.717) is 17.8 Å². The van der Waals surface area contributed by atoms with Crippen LogP contribution in [0, 0.1) is 11.3 Å². The number of hydrogen-bond donors (Lipinski definition) is 1. The molecule has 0 spiro atoms. The van der Waals surface area contributed by atoms with E-state index in [1.807, 2.05) is 12.1 Å². The summed E-state index contributed by atoms with van der Waals surface area (Å²) in [5, 5.41) is 19.7. The van der Waals surface area contributed by atoms with Crippen LogP contribution in [0.5, 0.6) is 0 Å². The minimum atomic E-state index is 0.271. The zero-order valence-corrected chi connectivity index (χ0v) is 10.7. The van der Waals surface area contributed by atoms with Crippen molar-refractivity contribution in [2.45, 2.75) is 6.54 Å². The fourth-order valence-electron chi connectivity index (χ4n) is 1.37. The van der Waals surface area contributed by atoms with Crippen LogP contribution in [0.15, 0.2) is 30.3 Å². The van der Waals surface area contributed by atoms with Crippen molar-refractivity contribution < 1.29 is 0 Å². The Hall–Kier alpha value is -1.83. The molecule has 0 aliphatic carbocycles. The van der Waals surface area contributed by atoms with Crippen molar-refractivity contribution >= 4 is 28.9 Å². The Balaban J connectivity index is 2.07. The van der Waals surface area contributed by atoms with Gasteiger partial charge in [0.1, 0.15) is 0 Å². The number of benzene rings is 1. The molecule has 0 aliphatic rings. The molecule has 18 heavy (non-hydrogen) atoms. The molecule has 1 aromatic carbocycles. The van der Waals surface area contributed by atoms with Crippen LogP contribution in [0.4, 0.5) is 5.69 Å². The molecule has 0 amide bonds. The Labute approximate surface area is 114 Å². The number of aromatic nitrogens is 2. The highest BCUT2D eigenvalue weighted by molar-refractivity contribution is 6.33. The third-order valence-corrected chi connectivity index (χ3v) is 2.75. The fraction of sp³-hybridized carbons (Fsp3) is 0.0833. The summed E-state index contributed by atoms with van der Waals surface area (Å²) < 4.78 is 0. The van der Waals surface area contributed by atoms with Crippen LogP contribution in [0.3, 0.4) is 0 Å². The summed E-state index contributed by atoms with van der Waals surface area (Å²) >= 11 is 11.6. The van der Waals surface area contributed by atoms with Gasteiger partial charge in [0.2, 0.25) is 0 Å². The fourth-order valence-corrected chi connectivity index (χ4v) is 1.68. The van der Waals surface area contributed by atoms with Gasteiger partial charge in [0.25, 0.3) is 0 Å². The van der Waals surface area contributed by atoms with Crippen molar-refractivity contribution in [2.24, 2.45) is 0 Å². The highest BCUT2D eigenvalue weighted by Gasteiger charge is 2.03. The third-order valence-electron chi connectivity index (χ3n) is 2.29. The molecule has 6 heteroatoms. The van der Waals surface area contributed by atoms with E-state index in [1.165, 1.54) is 0 Å². The van der Waals surface area contributed by atoms with Gasteiger partial charge in [-0.05, 0) is 17.7 Å². The second-order valence-electron chi connectivity index (χ2n) is 3.53.